The molecule has 2 aromatic heterocycles. The summed E-state index contributed by atoms with van der Waals surface area (Å²) in [6.07, 6.45) is 5.41. The Hall–Kier alpha value is -3.09. The maximum Gasteiger partial charge on any atom is 0.182 e. The van der Waals surface area contributed by atoms with Gasteiger partial charge in [0.25, 0.3) is 0 Å². The number of Topliss-reactive ketones (excluding diaryl/α,β-unsaturated/α-hetero) is 1. The third-order valence-electron chi connectivity index (χ3n) is 5.25. The van der Waals surface area contributed by atoms with Crippen LogP contribution in [0.2, 0.25) is 0 Å². The summed E-state index contributed by atoms with van der Waals surface area (Å²) >= 11 is 1.74. The first-order valence-corrected chi connectivity index (χ1v) is 10.9. The number of aromatic amines is 1. The number of hydrogen-bond donors (Lipinski definition) is 2. The first-order valence-electron chi connectivity index (χ1n) is 9.87. The molecule has 1 aliphatic heterocycles. The van der Waals surface area contributed by atoms with Crippen LogP contribution in [0.1, 0.15) is 26.9 Å². The van der Waals surface area contributed by atoms with Crippen molar-refractivity contribution in [2.45, 2.75) is 18.0 Å². The Balaban J connectivity index is 1.29. The molecule has 1 fully saturated rings. The Morgan fingerprint density at radius 1 is 1.13 bits per heavy atom. The van der Waals surface area contributed by atoms with Crippen LogP contribution >= 0.6 is 11.8 Å². The molecule has 2 N–H and O–H groups in total. The van der Waals surface area contributed by atoms with E-state index in [2.05, 4.69) is 15.3 Å². The summed E-state index contributed by atoms with van der Waals surface area (Å²) in [6.45, 7) is 0.512. The molecular weight excluding hydrogens is 394 g/mol. The van der Waals surface area contributed by atoms with Crippen molar-refractivity contribution in [1.82, 2.24) is 15.3 Å². The fraction of sp³-hybridized carbons (Fsp3) is 0.167. The predicted molar refractivity (Wildman–Crippen MR) is 120 cm³/mol. The monoisotopic (exact) mass is 415 g/mol. The van der Waals surface area contributed by atoms with E-state index in [0.29, 0.717) is 12.2 Å². The van der Waals surface area contributed by atoms with E-state index in [4.69, 9.17) is 4.74 Å². The third kappa shape index (κ3) is 3.84. The van der Waals surface area contributed by atoms with Crippen molar-refractivity contribution in [3.63, 3.8) is 0 Å². The van der Waals surface area contributed by atoms with Gasteiger partial charge in [-0.3, -0.25) is 15.1 Å². The lowest BCUT2D eigenvalue weighted by atomic mass is 10.0. The minimum Gasteiger partial charge on any atom is -0.489 e. The molecule has 0 aliphatic carbocycles. The van der Waals surface area contributed by atoms with Crippen molar-refractivity contribution in [2.24, 2.45) is 0 Å². The van der Waals surface area contributed by atoms with Gasteiger partial charge >= 0.3 is 0 Å². The molecule has 4 aromatic rings. The van der Waals surface area contributed by atoms with Crippen molar-refractivity contribution in [1.29, 1.82) is 0 Å². The van der Waals surface area contributed by atoms with Gasteiger partial charge < -0.3 is 9.72 Å². The molecule has 0 radical (unpaired) electrons. The quantitative estimate of drug-likeness (QED) is 0.446. The molecule has 2 atom stereocenters. The summed E-state index contributed by atoms with van der Waals surface area (Å²) in [5.74, 6) is 1.63. The summed E-state index contributed by atoms with van der Waals surface area (Å²) in [5, 5.41) is 4.46. The Morgan fingerprint density at radius 3 is 2.87 bits per heavy atom. The number of thioether (sulfide) groups is 1. The standard InChI is InChI=1S/C24H21N3O2S/c28-23(22-15-30-24(27-22)17-7-4-10-25-12-17)20-13-26-21-11-18(8-9-19(20)21)29-14-16-5-2-1-3-6-16/h1-13,22,24,26-27H,14-15H2/t22-,24+/m0/s1. The number of pyridine rings is 1. The van der Waals surface area contributed by atoms with Gasteiger partial charge in [-0.15, -0.1) is 11.8 Å². The lowest BCUT2D eigenvalue weighted by Gasteiger charge is -2.12. The summed E-state index contributed by atoms with van der Waals surface area (Å²) in [6, 6.07) is 19.6. The lowest BCUT2D eigenvalue weighted by molar-refractivity contribution is 0.0957. The van der Waals surface area contributed by atoms with E-state index in [1.807, 2.05) is 66.9 Å². The van der Waals surface area contributed by atoms with Gasteiger partial charge in [-0.1, -0.05) is 36.4 Å². The largest absolute Gasteiger partial charge is 0.489 e. The SMILES string of the molecule is O=C(c1c[nH]c2cc(OCc3ccccc3)ccc12)[C@@H]1CS[C@H](c2cccnc2)N1. The average Bonchev–Trinajstić information content (AvgIpc) is 3.46. The minimum absolute atomic E-state index is 0.0934. The number of ether oxygens (including phenoxy) is 1. The molecule has 5 rings (SSSR count). The Bertz CT molecular complexity index is 1160. The Kier molecular flexibility index (Phi) is 5.26. The van der Waals surface area contributed by atoms with E-state index in [1.54, 1.807) is 24.2 Å². The van der Waals surface area contributed by atoms with Crippen LogP contribution in [-0.2, 0) is 6.61 Å². The molecule has 6 heteroatoms. The van der Waals surface area contributed by atoms with Gasteiger partial charge in [-0.05, 0) is 29.3 Å². The molecule has 2 aromatic carbocycles. The van der Waals surface area contributed by atoms with E-state index >= 15 is 0 Å². The molecule has 0 bridgehead atoms. The maximum absolute atomic E-state index is 13.2. The van der Waals surface area contributed by atoms with Gasteiger partial charge in [0, 0.05) is 46.9 Å². The predicted octanol–water partition coefficient (Wildman–Crippen LogP) is 4.73. The van der Waals surface area contributed by atoms with Crippen LogP contribution in [0.25, 0.3) is 10.9 Å². The van der Waals surface area contributed by atoms with E-state index in [-0.39, 0.29) is 17.2 Å². The summed E-state index contributed by atoms with van der Waals surface area (Å²) in [5.41, 5.74) is 3.83. The molecular formula is C24H21N3O2S. The van der Waals surface area contributed by atoms with Crippen LogP contribution in [0, 0.1) is 0 Å². The fourth-order valence-corrected chi connectivity index (χ4v) is 4.90. The van der Waals surface area contributed by atoms with Gasteiger partial charge in [0.15, 0.2) is 5.78 Å². The van der Waals surface area contributed by atoms with Crippen LogP contribution < -0.4 is 10.1 Å². The number of aromatic nitrogens is 2. The normalized spacial score (nSPS) is 18.5. The summed E-state index contributed by atoms with van der Waals surface area (Å²) in [4.78, 5) is 20.6. The second kappa shape index (κ2) is 8.34. The number of nitrogens with one attached hydrogen (secondary N) is 2. The van der Waals surface area contributed by atoms with E-state index < -0.39 is 0 Å². The van der Waals surface area contributed by atoms with Crippen molar-refractivity contribution in [2.75, 3.05) is 5.75 Å². The molecule has 0 saturated carbocycles. The highest BCUT2D eigenvalue weighted by atomic mass is 32.2. The fourth-order valence-electron chi connectivity index (χ4n) is 3.67. The smallest absolute Gasteiger partial charge is 0.182 e. The van der Waals surface area contributed by atoms with E-state index in [9.17, 15) is 4.79 Å². The Labute approximate surface area is 178 Å². The summed E-state index contributed by atoms with van der Waals surface area (Å²) in [7, 11) is 0. The number of nitrogens with zero attached hydrogens (tertiary/aromatic N) is 1. The highest BCUT2D eigenvalue weighted by Crippen LogP contribution is 2.34. The van der Waals surface area contributed by atoms with Gasteiger partial charge in [0.05, 0.1) is 11.4 Å². The van der Waals surface area contributed by atoms with Gasteiger partial charge in [0.2, 0.25) is 0 Å². The molecule has 30 heavy (non-hydrogen) atoms. The Morgan fingerprint density at radius 2 is 2.03 bits per heavy atom. The van der Waals surface area contributed by atoms with Crippen LogP contribution in [0.3, 0.4) is 0 Å². The summed E-state index contributed by atoms with van der Waals surface area (Å²) < 4.78 is 5.91. The van der Waals surface area contributed by atoms with Gasteiger partial charge in [0.1, 0.15) is 12.4 Å². The van der Waals surface area contributed by atoms with E-state index in [1.165, 1.54) is 0 Å². The van der Waals surface area contributed by atoms with Crippen molar-refractivity contribution < 1.29 is 9.53 Å². The van der Waals surface area contributed by atoms with Crippen LogP contribution in [0.15, 0.2) is 79.3 Å². The molecule has 150 valence electrons. The molecule has 3 heterocycles. The minimum atomic E-state index is -0.215. The lowest BCUT2D eigenvalue weighted by Crippen LogP contribution is -2.34. The second-order valence-corrected chi connectivity index (χ2v) is 8.41. The molecule has 0 unspecified atom stereocenters. The van der Waals surface area contributed by atoms with Crippen molar-refractivity contribution in [3.8, 4) is 5.75 Å². The van der Waals surface area contributed by atoms with Gasteiger partial charge in [-0.25, -0.2) is 0 Å². The maximum atomic E-state index is 13.2. The van der Waals surface area contributed by atoms with E-state index in [0.717, 1.165) is 33.5 Å². The number of carbonyl (C=O) groups excluding carboxylic acids is 1. The number of carbonyl (C=O) groups is 1. The molecule has 1 saturated heterocycles. The molecule has 5 nitrogen and oxygen atoms in total. The number of benzene rings is 2. The first-order chi connectivity index (χ1) is 14.8. The number of H-pyrrole nitrogens is 1. The van der Waals surface area contributed by atoms with Gasteiger partial charge in [-0.2, -0.15) is 0 Å². The van der Waals surface area contributed by atoms with Crippen molar-refractivity contribution >= 4 is 28.4 Å². The number of ketones is 1. The molecule has 0 spiro atoms. The first kappa shape index (κ1) is 18.9. The average molecular weight is 416 g/mol. The zero-order chi connectivity index (χ0) is 20.3. The number of fused-ring (bicyclic) bond motifs is 1. The molecule has 1 aliphatic rings. The highest BCUT2D eigenvalue weighted by molar-refractivity contribution is 7.99. The molecule has 0 amide bonds. The zero-order valence-electron chi connectivity index (χ0n) is 16.2. The highest BCUT2D eigenvalue weighted by Gasteiger charge is 2.32. The van der Waals surface area contributed by atoms with Crippen LogP contribution in [0.4, 0.5) is 0 Å². The number of hydrogen-bond acceptors (Lipinski definition) is 5. The number of rotatable bonds is 6. The third-order valence-corrected chi connectivity index (χ3v) is 6.52. The zero-order valence-corrected chi connectivity index (χ0v) is 17.1. The van der Waals surface area contributed by atoms with Crippen LogP contribution in [-0.4, -0.2) is 27.5 Å². The van der Waals surface area contributed by atoms with Crippen molar-refractivity contribution in [3.05, 3.63) is 95.9 Å². The second-order valence-electron chi connectivity index (χ2n) is 7.27. The van der Waals surface area contributed by atoms with Crippen LogP contribution in [0.5, 0.6) is 5.75 Å². The topological polar surface area (TPSA) is 67.0 Å².